The predicted molar refractivity (Wildman–Crippen MR) is 483 cm³/mol. The molecule has 4 aromatic heterocycles. The summed E-state index contributed by atoms with van der Waals surface area (Å²) in [5.74, 6) is 3.62. The van der Waals surface area contributed by atoms with E-state index in [0.29, 0.717) is 69.2 Å². The summed E-state index contributed by atoms with van der Waals surface area (Å²) in [6.07, 6.45) is 17.8. The number of sulfone groups is 1. The van der Waals surface area contributed by atoms with Crippen LogP contribution >= 0.6 is 0 Å². The maximum absolute atomic E-state index is 11.6. The smallest absolute Gasteiger partial charge is 0.181 e. The second kappa shape index (κ2) is 95.4. The summed E-state index contributed by atoms with van der Waals surface area (Å²) in [5.41, 5.74) is 2.03. The first-order valence-corrected chi connectivity index (χ1v) is 42.3. The van der Waals surface area contributed by atoms with Gasteiger partial charge in [0.1, 0.15) is 81.4 Å². The molecule has 0 aliphatic carbocycles. The summed E-state index contributed by atoms with van der Waals surface area (Å²) in [4.78, 5) is 21.7. The number of aryl methyl sites for hydroxylation is 4. The van der Waals surface area contributed by atoms with Gasteiger partial charge in [-0.15, -0.1) is 0 Å². The highest BCUT2D eigenvalue weighted by atomic mass is 32.2. The number of aliphatic hydroxyl groups is 1. The Balaban J connectivity index is -0.000000155. The van der Waals surface area contributed by atoms with Gasteiger partial charge in [0.15, 0.2) is 40.1 Å². The molecule has 3 N–H and O–H groups in total. The van der Waals surface area contributed by atoms with Crippen molar-refractivity contribution >= 4 is 9.84 Å². The van der Waals surface area contributed by atoms with Crippen molar-refractivity contribution in [2.24, 2.45) is 0 Å². The van der Waals surface area contributed by atoms with Crippen molar-refractivity contribution in [3.8, 4) is 28.7 Å². The Bertz CT molecular complexity index is 2930. The maximum Gasteiger partial charge on any atom is 0.181 e. The number of ether oxygens (including phenoxy) is 12. The second-order valence-corrected chi connectivity index (χ2v) is 27.9. The summed E-state index contributed by atoms with van der Waals surface area (Å²) >= 11 is 0. The topological polar surface area (TPSA) is 245 Å². The van der Waals surface area contributed by atoms with Crippen molar-refractivity contribution in [1.82, 2.24) is 19.8 Å². The molecule has 0 saturated carbocycles. The largest absolute Gasteiger partial charge is 0.508 e. The Labute approximate surface area is 708 Å². The molecule has 0 atom stereocenters. The quantitative estimate of drug-likeness (QED) is 0.0186. The van der Waals surface area contributed by atoms with Gasteiger partial charge in [-0.25, -0.2) is 17.6 Å². The van der Waals surface area contributed by atoms with E-state index >= 15 is 0 Å². The molecular weight excluding hydrogens is 1500 g/mol. The molecule has 6 aromatic rings. The minimum absolute atomic E-state index is 0. The van der Waals surface area contributed by atoms with Crippen LogP contribution in [0.3, 0.4) is 0 Å². The van der Waals surface area contributed by atoms with Gasteiger partial charge < -0.3 is 90.8 Å². The van der Waals surface area contributed by atoms with E-state index in [1.165, 1.54) is 58.4 Å². The van der Waals surface area contributed by atoms with E-state index in [2.05, 4.69) is 147 Å². The van der Waals surface area contributed by atoms with E-state index in [9.17, 15) is 18.3 Å². The summed E-state index contributed by atoms with van der Waals surface area (Å²) in [6, 6.07) is 26.6. The van der Waals surface area contributed by atoms with Crippen LogP contribution in [0.15, 0.2) is 150 Å². The van der Waals surface area contributed by atoms with Crippen LogP contribution in [0.5, 0.6) is 28.7 Å². The first-order valence-electron chi connectivity index (χ1n) is 40.7. The fraction of sp³-hybridized carbons (Fsp3) is 0.644. The van der Waals surface area contributed by atoms with Crippen LogP contribution in [0.25, 0.3) is 0 Å². The molecule has 0 amide bonds. The Kier molecular flexibility index (Phi) is 105. The number of nitrogens with zero attached hydrogens (tertiary/aromatic N) is 7. The van der Waals surface area contributed by atoms with E-state index < -0.39 is 9.84 Å². The van der Waals surface area contributed by atoms with Gasteiger partial charge in [-0.05, 0) is 131 Å². The molecule has 0 fully saturated rings. The molecule has 25 nitrogen and oxygen atoms in total. The highest BCUT2D eigenvalue weighted by Gasteiger charge is 2.14. The van der Waals surface area contributed by atoms with Crippen LogP contribution in [-0.4, -0.2) is 291 Å². The lowest BCUT2D eigenvalue weighted by Gasteiger charge is -2.27. The molecular formula is C90H174N8O17S+4. The number of phenolic OH excluding ortho intramolecular Hbond substituents is 1. The van der Waals surface area contributed by atoms with Gasteiger partial charge in [0.25, 0.3) is 0 Å². The number of nitrogens with one attached hydrogen (secondary N) is 1. The van der Waals surface area contributed by atoms with Gasteiger partial charge in [0.2, 0.25) is 0 Å². The van der Waals surface area contributed by atoms with Crippen LogP contribution in [0, 0.1) is 6.92 Å². The lowest BCUT2D eigenvalue weighted by atomic mass is 10.1. The van der Waals surface area contributed by atoms with Crippen LogP contribution in [0.1, 0.15) is 135 Å². The third kappa shape index (κ3) is 91.2. The van der Waals surface area contributed by atoms with Gasteiger partial charge in [-0.1, -0.05) is 107 Å². The Morgan fingerprint density at radius 1 is 0.466 bits per heavy atom. The molecule has 0 spiro atoms. The predicted octanol–water partition coefficient (Wildman–Crippen LogP) is 14.4. The number of pyridine rings is 4. The summed E-state index contributed by atoms with van der Waals surface area (Å²) < 4.78 is 89.7. The first-order chi connectivity index (χ1) is 55.0. The van der Waals surface area contributed by atoms with Crippen molar-refractivity contribution in [1.29, 1.82) is 0 Å². The molecule has 0 radical (unpaired) electrons. The van der Waals surface area contributed by atoms with Crippen molar-refractivity contribution < 1.29 is 93.6 Å². The fourth-order valence-corrected chi connectivity index (χ4v) is 8.31. The fourth-order valence-electron chi connectivity index (χ4n) is 7.14. The van der Waals surface area contributed by atoms with Crippen LogP contribution in [0.4, 0.5) is 0 Å². The molecule has 0 aliphatic heterocycles. The highest BCUT2D eigenvalue weighted by Crippen LogP contribution is 2.24. The minimum Gasteiger partial charge on any atom is -0.508 e. The molecule has 0 aliphatic rings. The average molecular weight is 1670 g/mol. The van der Waals surface area contributed by atoms with E-state index in [1.54, 1.807) is 112 Å². The van der Waals surface area contributed by atoms with Gasteiger partial charge in [-0.2, -0.15) is 0 Å². The SMILES string of the molecule is C.CC.CCC.CCCOC.CCN(C)C.CCN(CC)CC.CCO.CC[N+](C)(C)CCOC.CC[N+](C)(C)CCOC.CC[n+]1ccc(OCCOC)cc1.CC[n+]1ccc(OCCOC)cc1.CCc1ccc(OCCOC)cc1O.COCCOc1ccncc1.COCCS(=O)(=O)c1ccc(C)cc1.O=c1cc[nH]cc1. The normalized spacial score (nSPS) is 9.91. The van der Waals surface area contributed by atoms with Crippen molar-refractivity contribution in [2.75, 3.05) is 243 Å². The Hall–Kier alpha value is -6.73. The number of hydrogen-bond acceptors (Lipinski definition) is 20. The third-order valence-corrected chi connectivity index (χ3v) is 17.0. The zero-order chi connectivity index (χ0) is 89.3. The lowest BCUT2D eigenvalue weighted by molar-refractivity contribution is -0.888. The van der Waals surface area contributed by atoms with Gasteiger partial charge in [0, 0.05) is 137 Å². The molecule has 0 bridgehead atoms. The monoisotopic (exact) mass is 1670 g/mol. The van der Waals surface area contributed by atoms with E-state index in [-0.39, 0.29) is 31.8 Å². The summed E-state index contributed by atoms with van der Waals surface area (Å²) in [5, 5.41) is 17.1. The number of aromatic nitrogens is 4. The minimum atomic E-state index is -3.16. The van der Waals surface area contributed by atoms with Gasteiger partial charge >= 0.3 is 0 Å². The molecule has 0 unspecified atom stereocenters. The zero-order valence-corrected chi connectivity index (χ0v) is 78.7. The van der Waals surface area contributed by atoms with Crippen LogP contribution in [0.2, 0.25) is 0 Å². The Morgan fingerprint density at radius 3 is 1.05 bits per heavy atom. The number of quaternary nitrogens is 2. The van der Waals surface area contributed by atoms with E-state index in [4.69, 9.17) is 61.9 Å². The molecule has 4 heterocycles. The zero-order valence-electron chi connectivity index (χ0n) is 77.9. The number of methoxy groups -OCH3 is 8. The first kappa shape index (κ1) is 127. The highest BCUT2D eigenvalue weighted by molar-refractivity contribution is 7.91. The van der Waals surface area contributed by atoms with Gasteiger partial charge in [0.05, 0.1) is 98.2 Å². The van der Waals surface area contributed by atoms with Crippen molar-refractivity contribution in [3.63, 3.8) is 0 Å². The Morgan fingerprint density at radius 2 is 0.802 bits per heavy atom. The van der Waals surface area contributed by atoms with Crippen molar-refractivity contribution in [2.45, 2.75) is 155 Å². The molecule has 26 heteroatoms. The standard InChI is InChI=1S/C11H16O3.2C10H16NO2.C10H14O3S.C8H11NO2.2C7H18NO.C6H15N.C5H5NO.C4H11N.C4H10O.C3H8.C2H6O.C2H6.CH4/c1-3-9-4-5-10(8-11(9)12)14-7-6-13-2;2*1-3-11-6-4-10(5-7-11)13-9-8-12-2;1-9-3-5-10(6-4-9)14(11,12)8-7-13-2;1-10-6-7-11-8-2-4-9-5-3-8;2*1-5-8(2,3)6-7-9-4;1-4-7(5-2)6-3;7-5-1-3-6-4-2-5;1-4-5(2)3;1-3-4-5-2;1-3-2;1-2-3;1-2;/h4-5,8,12H,3,6-7H2,1-2H3;2*4-7H,3,8-9H2,1-2H3;3-6H,7-8H2,1-2H3;2-5H,6-7H2,1H3;2*5-7H2,1-4H3;4-6H2,1-3H3;1-4H,(H,6,7);4H2,1-3H3;3-4H2,1-2H3;3H2,1-2H3;3H,2H2,1H3;1-2H3;1H4/q;2*+1;;;2*+1;;;;;;;;. The lowest BCUT2D eigenvalue weighted by Crippen LogP contribution is -2.41. The number of benzene rings is 2. The average Bonchev–Trinajstić information content (AvgIpc) is 0.845. The number of aromatic amines is 1. The third-order valence-electron chi connectivity index (χ3n) is 15.3. The number of likely N-dealkylation sites (N-methyl/N-ethyl adjacent to an activating group) is 2. The van der Waals surface area contributed by atoms with E-state index in [1.807, 2.05) is 101 Å². The number of H-pyrrole nitrogens is 1. The number of hydrogen-bond donors (Lipinski definition) is 3. The number of aliphatic hydroxyl groups excluding tert-OH is 1. The molecule has 6 rings (SSSR count). The van der Waals surface area contributed by atoms with Crippen LogP contribution in [-0.2, 0) is 67.2 Å². The number of rotatable bonds is 37. The number of aromatic hydroxyl groups is 1. The molecule has 116 heavy (non-hydrogen) atoms. The summed E-state index contributed by atoms with van der Waals surface area (Å²) in [6.45, 7) is 52.2. The van der Waals surface area contributed by atoms with Crippen LogP contribution < -0.4 is 33.5 Å². The summed E-state index contributed by atoms with van der Waals surface area (Å²) in [7, 11) is 23.1. The second-order valence-electron chi connectivity index (χ2n) is 25.7. The van der Waals surface area contributed by atoms with Crippen molar-refractivity contribution in [3.05, 3.63) is 162 Å². The van der Waals surface area contributed by atoms with Gasteiger partial charge in [-0.3, -0.25) is 9.78 Å². The maximum atomic E-state index is 11.6. The molecule has 0 saturated heterocycles. The number of phenols is 1. The molecule has 2 aromatic carbocycles. The van der Waals surface area contributed by atoms with E-state index in [0.717, 1.165) is 103 Å². The molecule has 678 valence electrons.